The third kappa shape index (κ3) is 4.61. The van der Waals surface area contributed by atoms with E-state index in [-0.39, 0.29) is 5.91 Å². The van der Waals surface area contributed by atoms with E-state index in [4.69, 9.17) is 4.98 Å². The van der Waals surface area contributed by atoms with Gasteiger partial charge in [-0.2, -0.15) is 0 Å². The van der Waals surface area contributed by atoms with Crippen LogP contribution in [0.2, 0.25) is 0 Å². The molecule has 1 amide bonds. The lowest BCUT2D eigenvalue weighted by atomic mass is 9.87. The van der Waals surface area contributed by atoms with E-state index in [1.165, 1.54) is 37.7 Å². The fraction of sp³-hybridized carbons (Fsp3) is 0.417. The molecule has 28 heavy (non-hydrogen) atoms. The van der Waals surface area contributed by atoms with Crippen molar-refractivity contribution in [2.24, 2.45) is 5.92 Å². The van der Waals surface area contributed by atoms with Crippen LogP contribution in [0.3, 0.4) is 0 Å². The molecule has 4 heteroatoms. The maximum Gasteiger partial charge on any atom is 0.220 e. The van der Waals surface area contributed by atoms with Crippen molar-refractivity contribution in [3.05, 3.63) is 66.0 Å². The molecule has 0 bridgehead atoms. The van der Waals surface area contributed by atoms with Crippen molar-refractivity contribution < 1.29 is 4.79 Å². The molecule has 1 aliphatic carbocycles. The minimum Gasteiger partial charge on any atom is -0.349 e. The molecule has 0 saturated heterocycles. The normalized spacial score (nSPS) is 15.0. The van der Waals surface area contributed by atoms with Crippen molar-refractivity contribution in [2.75, 3.05) is 0 Å². The summed E-state index contributed by atoms with van der Waals surface area (Å²) in [5.74, 6) is 1.66. The Kier molecular flexibility index (Phi) is 6.05. The van der Waals surface area contributed by atoms with Crippen molar-refractivity contribution >= 4 is 16.9 Å². The first-order chi connectivity index (χ1) is 13.8. The molecule has 1 N–H and O–H groups in total. The summed E-state index contributed by atoms with van der Waals surface area (Å²) in [6.45, 7) is 1.35. The van der Waals surface area contributed by atoms with Crippen molar-refractivity contribution in [3.8, 4) is 0 Å². The smallest absolute Gasteiger partial charge is 0.220 e. The number of amides is 1. The molecule has 1 aliphatic rings. The molecule has 1 fully saturated rings. The highest BCUT2D eigenvalue weighted by Crippen LogP contribution is 2.26. The monoisotopic (exact) mass is 375 g/mol. The number of aromatic nitrogens is 2. The number of carbonyl (C=O) groups excluding carboxylic acids is 1. The Morgan fingerprint density at radius 2 is 1.75 bits per heavy atom. The lowest BCUT2D eigenvalue weighted by molar-refractivity contribution is -0.122. The first-order valence-corrected chi connectivity index (χ1v) is 10.5. The molecule has 1 saturated carbocycles. The average molecular weight is 376 g/mol. The fourth-order valence-electron chi connectivity index (χ4n) is 4.30. The summed E-state index contributed by atoms with van der Waals surface area (Å²) >= 11 is 0. The first kappa shape index (κ1) is 18.7. The molecule has 0 radical (unpaired) electrons. The molecule has 4 rings (SSSR count). The molecule has 0 atom stereocenters. The molecule has 0 aliphatic heterocycles. The van der Waals surface area contributed by atoms with Crippen LogP contribution in [0.25, 0.3) is 11.0 Å². The van der Waals surface area contributed by atoms with E-state index in [9.17, 15) is 4.79 Å². The minimum absolute atomic E-state index is 0.161. The summed E-state index contributed by atoms with van der Waals surface area (Å²) in [7, 11) is 0. The molecule has 4 nitrogen and oxygen atoms in total. The molecule has 0 unspecified atom stereocenters. The van der Waals surface area contributed by atoms with Gasteiger partial charge in [0.05, 0.1) is 17.6 Å². The quantitative estimate of drug-likeness (QED) is 0.641. The van der Waals surface area contributed by atoms with Gasteiger partial charge < -0.3 is 9.88 Å². The average Bonchev–Trinajstić information content (AvgIpc) is 3.10. The van der Waals surface area contributed by atoms with Crippen molar-refractivity contribution in [2.45, 2.75) is 58.0 Å². The largest absolute Gasteiger partial charge is 0.349 e. The number of hydrogen-bond acceptors (Lipinski definition) is 2. The number of imidazole rings is 1. The van der Waals surface area contributed by atoms with Crippen LogP contribution in [0.4, 0.5) is 0 Å². The fourth-order valence-corrected chi connectivity index (χ4v) is 4.30. The summed E-state index contributed by atoms with van der Waals surface area (Å²) < 4.78 is 2.25. The number of benzene rings is 2. The van der Waals surface area contributed by atoms with E-state index in [0.29, 0.717) is 18.9 Å². The number of carbonyl (C=O) groups is 1. The molecular weight excluding hydrogens is 346 g/mol. The van der Waals surface area contributed by atoms with E-state index >= 15 is 0 Å². The SMILES string of the molecule is O=C(CC1CCCCC1)NCc1nc2ccccc2n1CCc1ccccc1. The molecule has 2 aromatic carbocycles. The van der Waals surface area contributed by atoms with Crippen LogP contribution in [-0.4, -0.2) is 15.5 Å². The third-order valence-electron chi connectivity index (χ3n) is 5.84. The van der Waals surface area contributed by atoms with Crippen LogP contribution in [0.1, 0.15) is 49.9 Å². The van der Waals surface area contributed by atoms with Crippen molar-refractivity contribution in [1.82, 2.24) is 14.9 Å². The number of rotatable bonds is 7. The number of para-hydroxylation sites is 2. The molecule has 3 aromatic rings. The van der Waals surface area contributed by atoms with Crippen LogP contribution in [0, 0.1) is 5.92 Å². The number of nitrogens with zero attached hydrogens (tertiary/aromatic N) is 2. The number of fused-ring (bicyclic) bond motifs is 1. The van der Waals surface area contributed by atoms with Crippen LogP contribution in [-0.2, 0) is 24.3 Å². The van der Waals surface area contributed by atoms with E-state index in [2.05, 4.69) is 46.3 Å². The second kappa shape index (κ2) is 9.05. The molecule has 0 spiro atoms. The summed E-state index contributed by atoms with van der Waals surface area (Å²) in [5.41, 5.74) is 3.44. The van der Waals surface area contributed by atoms with Crippen molar-refractivity contribution in [3.63, 3.8) is 0 Å². The molecule has 146 valence electrons. The summed E-state index contributed by atoms with van der Waals surface area (Å²) in [6, 6.07) is 18.7. The second-order valence-corrected chi connectivity index (χ2v) is 7.89. The Bertz CT molecular complexity index is 910. The van der Waals surface area contributed by atoms with Gasteiger partial charge >= 0.3 is 0 Å². The summed E-state index contributed by atoms with van der Waals surface area (Å²) in [4.78, 5) is 17.2. The van der Waals surface area contributed by atoms with Gasteiger partial charge in [-0.15, -0.1) is 0 Å². The zero-order valence-corrected chi connectivity index (χ0v) is 16.4. The lowest BCUT2D eigenvalue weighted by Crippen LogP contribution is -2.27. The van der Waals surface area contributed by atoms with Gasteiger partial charge in [-0.1, -0.05) is 61.7 Å². The Morgan fingerprint density at radius 3 is 2.57 bits per heavy atom. The van der Waals surface area contributed by atoms with Gasteiger partial charge in [-0.05, 0) is 42.9 Å². The maximum atomic E-state index is 12.4. The van der Waals surface area contributed by atoms with Crippen LogP contribution < -0.4 is 5.32 Å². The van der Waals surface area contributed by atoms with Gasteiger partial charge in [0, 0.05) is 13.0 Å². The second-order valence-electron chi connectivity index (χ2n) is 7.89. The van der Waals surface area contributed by atoms with Gasteiger partial charge in [0.1, 0.15) is 5.82 Å². The van der Waals surface area contributed by atoms with Gasteiger partial charge in [-0.25, -0.2) is 4.98 Å². The first-order valence-electron chi connectivity index (χ1n) is 10.5. The highest BCUT2D eigenvalue weighted by molar-refractivity contribution is 5.77. The van der Waals surface area contributed by atoms with Crippen LogP contribution in [0.5, 0.6) is 0 Å². The number of hydrogen-bond donors (Lipinski definition) is 1. The zero-order valence-electron chi connectivity index (χ0n) is 16.4. The zero-order chi connectivity index (χ0) is 19.2. The van der Waals surface area contributed by atoms with Crippen LogP contribution >= 0.6 is 0 Å². The molecular formula is C24H29N3O. The van der Waals surface area contributed by atoms with Gasteiger partial charge in [0.25, 0.3) is 0 Å². The number of nitrogens with one attached hydrogen (secondary N) is 1. The van der Waals surface area contributed by atoms with Crippen LogP contribution in [0.15, 0.2) is 54.6 Å². The highest BCUT2D eigenvalue weighted by Gasteiger charge is 2.18. The highest BCUT2D eigenvalue weighted by atomic mass is 16.1. The van der Waals surface area contributed by atoms with E-state index < -0.39 is 0 Å². The van der Waals surface area contributed by atoms with Gasteiger partial charge in [0.15, 0.2) is 0 Å². The van der Waals surface area contributed by atoms with Crippen molar-refractivity contribution in [1.29, 1.82) is 0 Å². The third-order valence-corrected chi connectivity index (χ3v) is 5.84. The Labute approximate surface area is 167 Å². The van der Waals surface area contributed by atoms with E-state index in [0.717, 1.165) is 29.8 Å². The Morgan fingerprint density at radius 1 is 1.00 bits per heavy atom. The summed E-state index contributed by atoms with van der Waals surface area (Å²) in [5, 5.41) is 3.12. The van der Waals surface area contributed by atoms with Gasteiger partial charge in [0.2, 0.25) is 5.91 Å². The topological polar surface area (TPSA) is 46.9 Å². The Balaban J connectivity index is 1.44. The lowest BCUT2D eigenvalue weighted by Gasteiger charge is -2.20. The maximum absolute atomic E-state index is 12.4. The number of aryl methyl sites for hydroxylation is 2. The molecule has 1 heterocycles. The Hall–Kier alpha value is -2.62. The van der Waals surface area contributed by atoms with E-state index in [1.54, 1.807) is 0 Å². The van der Waals surface area contributed by atoms with Gasteiger partial charge in [-0.3, -0.25) is 4.79 Å². The summed E-state index contributed by atoms with van der Waals surface area (Å²) in [6.07, 6.45) is 7.87. The predicted octanol–water partition coefficient (Wildman–Crippen LogP) is 4.87. The predicted molar refractivity (Wildman–Crippen MR) is 113 cm³/mol. The van der Waals surface area contributed by atoms with E-state index in [1.807, 2.05) is 18.2 Å². The standard InChI is InChI=1S/C24H29N3O/c28-24(17-20-11-5-2-6-12-20)25-18-23-26-21-13-7-8-14-22(21)27(23)16-15-19-9-3-1-4-10-19/h1,3-4,7-10,13-14,20H,2,5-6,11-12,15-18H2,(H,25,28). The minimum atomic E-state index is 0.161. The molecule has 1 aromatic heterocycles.